The summed E-state index contributed by atoms with van der Waals surface area (Å²) in [6.45, 7) is 3.40. The van der Waals surface area contributed by atoms with Crippen LogP contribution in [-0.2, 0) is 17.7 Å². The van der Waals surface area contributed by atoms with Gasteiger partial charge in [0.25, 0.3) is 0 Å². The first-order chi connectivity index (χ1) is 14.8. The quantitative estimate of drug-likeness (QED) is 0.487. The Morgan fingerprint density at radius 3 is 2.67 bits per heavy atom. The Kier molecular flexibility index (Phi) is 5.51. The second-order valence-electron chi connectivity index (χ2n) is 7.84. The Labute approximate surface area is 177 Å². The van der Waals surface area contributed by atoms with E-state index in [0.29, 0.717) is 0 Å². The maximum atomic E-state index is 6.06. The van der Waals surface area contributed by atoms with Gasteiger partial charge in [0.15, 0.2) is 0 Å². The summed E-state index contributed by atoms with van der Waals surface area (Å²) < 4.78 is 6.06. The van der Waals surface area contributed by atoms with E-state index in [1.165, 1.54) is 22.1 Å². The molecule has 0 N–H and O–H groups in total. The van der Waals surface area contributed by atoms with E-state index in [1.54, 1.807) is 0 Å². The van der Waals surface area contributed by atoms with Gasteiger partial charge in [-0.1, -0.05) is 54.6 Å². The minimum absolute atomic E-state index is 0.0117. The average Bonchev–Trinajstić information content (AvgIpc) is 2.81. The van der Waals surface area contributed by atoms with Crippen LogP contribution in [0.4, 0.5) is 0 Å². The summed E-state index contributed by atoms with van der Waals surface area (Å²) in [5, 5.41) is 1.23. The summed E-state index contributed by atoms with van der Waals surface area (Å²) in [7, 11) is 0. The fourth-order valence-corrected chi connectivity index (χ4v) is 4.13. The molecular weight excluding hydrogens is 370 g/mol. The molecule has 0 saturated carbocycles. The van der Waals surface area contributed by atoms with Crippen LogP contribution in [-0.4, -0.2) is 34.6 Å². The van der Waals surface area contributed by atoms with Gasteiger partial charge < -0.3 is 4.74 Å². The lowest BCUT2D eigenvalue weighted by Gasteiger charge is -2.33. The Morgan fingerprint density at radius 2 is 1.80 bits per heavy atom. The van der Waals surface area contributed by atoms with Crippen LogP contribution in [0.3, 0.4) is 0 Å². The molecule has 0 radical (unpaired) electrons. The fourth-order valence-electron chi connectivity index (χ4n) is 4.13. The third-order valence-corrected chi connectivity index (χ3v) is 5.71. The van der Waals surface area contributed by atoms with Crippen LogP contribution in [0, 0.1) is 0 Å². The maximum Gasteiger partial charge on any atom is 0.112 e. The molecule has 0 amide bonds. The summed E-state index contributed by atoms with van der Waals surface area (Å²) in [5.74, 6) is 0. The van der Waals surface area contributed by atoms with Gasteiger partial charge >= 0.3 is 0 Å². The number of benzene rings is 2. The van der Waals surface area contributed by atoms with E-state index < -0.39 is 0 Å². The van der Waals surface area contributed by atoms with Crippen molar-refractivity contribution in [2.45, 2.75) is 19.1 Å². The van der Waals surface area contributed by atoms with E-state index >= 15 is 0 Å². The first kappa shape index (κ1) is 18.9. The molecule has 4 nitrogen and oxygen atoms in total. The molecule has 3 heterocycles. The molecule has 0 bridgehead atoms. The summed E-state index contributed by atoms with van der Waals surface area (Å²) in [6.07, 6.45) is 4.75. The zero-order valence-corrected chi connectivity index (χ0v) is 16.9. The second kappa shape index (κ2) is 8.74. The Balaban J connectivity index is 1.27. The number of hydrogen-bond acceptors (Lipinski definition) is 4. The number of pyridine rings is 2. The molecule has 5 rings (SSSR count). The van der Waals surface area contributed by atoms with Gasteiger partial charge in [-0.15, -0.1) is 0 Å². The smallest absolute Gasteiger partial charge is 0.112 e. The number of rotatable bonds is 5. The van der Waals surface area contributed by atoms with Crippen LogP contribution in [0.15, 0.2) is 85.2 Å². The fraction of sp³-hybridized carbons (Fsp3) is 0.231. The van der Waals surface area contributed by atoms with Gasteiger partial charge in [0.2, 0.25) is 0 Å². The highest BCUT2D eigenvalue weighted by Gasteiger charge is 2.23. The first-order valence-corrected chi connectivity index (χ1v) is 10.5. The van der Waals surface area contributed by atoms with Gasteiger partial charge in [0, 0.05) is 37.4 Å². The normalized spacial score (nSPS) is 17.3. The van der Waals surface area contributed by atoms with Crippen molar-refractivity contribution in [1.29, 1.82) is 0 Å². The van der Waals surface area contributed by atoms with Crippen LogP contribution >= 0.6 is 0 Å². The number of ether oxygens (including phenoxy) is 1. The third-order valence-electron chi connectivity index (χ3n) is 5.71. The Morgan fingerprint density at radius 1 is 0.867 bits per heavy atom. The number of hydrogen-bond donors (Lipinski definition) is 0. The van der Waals surface area contributed by atoms with Crippen molar-refractivity contribution < 1.29 is 4.74 Å². The van der Waals surface area contributed by atoms with Gasteiger partial charge in [-0.05, 0) is 41.3 Å². The molecule has 150 valence electrons. The molecule has 1 fully saturated rings. The minimum atomic E-state index is 0.0117. The molecule has 2 aromatic heterocycles. The molecule has 1 atom stereocenters. The van der Waals surface area contributed by atoms with Gasteiger partial charge in [0.05, 0.1) is 17.8 Å². The predicted octanol–water partition coefficient (Wildman–Crippen LogP) is 4.79. The molecule has 0 unspecified atom stereocenters. The highest BCUT2D eigenvalue weighted by atomic mass is 16.5. The molecular formula is C26H25N3O. The lowest BCUT2D eigenvalue weighted by molar-refractivity contribution is -0.0348. The van der Waals surface area contributed by atoms with E-state index in [0.717, 1.165) is 43.9 Å². The molecule has 30 heavy (non-hydrogen) atoms. The number of aromatic nitrogens is 2. The molecule has 4 heteroatoms. The number of fused-ring (bicyclic) bond motifs is 1. The lowest BCUT2D eigenvalue weighted by atomic mass is 10.1. The van der Waals surface area contributed by atoms with Crippen LogP contribution in [0.1, 0.15) is 28.5 Å². The highest BCUT2D eigenvalue weighted by molar-refractivity contribution is 5.81. The van der Waals surface area contributed by atoms with Gasteiger partial charge in [-0.3, -0.25) is 14.9 Å². The zero-order valence-electron chi connectivity index (χ0n) is 16.9. The monoisotopic (exact) mass is 395 g/mol. The second-order valence-corrected chi connectivity index (χ2v) is 7.84. The van der Waals surface area contributed by atoms with E-state index in [4.69, 9.17) is 9.72 Å². The Bertz CT molecular complexity index is 1110. The van der Waals surface area contributed by atoms with E-state index in [-0.39, 0.29) is 6.10 Å². The van der Waals surface area contributed by atoms with Crippen molar-refractivity contribution >= 4 is 10.9 Å². The largest absolute Gasteiger partial charge is 0.369 e. The molecule has 1 saturated heterocycles. The number of nitrogens with zero attached hydrogens (tertiary/aromatic N) is 3. The summed E-state index contributed by atoms with van der Waals surface area (Å²) >= 11 is 0. The molecule has 1 aliphatic rings. The van der Waals surface area contributed by atoms with Crippen molar-refractivity contribution in [3.05, 3.63) is 108 Å². The van der Waals surface area contributed by atoms with Crippen molar-refractivity contribution in [3.63, 3.8) is 0 Å². The highest BCUT2D eigenvalue weighted by Crippen LogP contribution is 2.24. The zero-order chi connectivity index (χ0) is 20.2. The lowest BCUT2D eigenvalue weighted by Crippen LogP contribution is -2.38. The molecule has 0 spiro atoms. The van der Waals surface area contributed by atoms with Gasteiger partial charge in [0.1, 0.15) is 6.10 Å². The number of morpholine rings is 1. The van der Waals surface area contributed by atoms with Crippen LogP contribution in [0.2, 0.25) is 0 Å². The molecule has 0 aliphatic carbocycles. The van der Waals surface area contributed by atoms with Crippen molar-refractivity contribution in [3.8, 4) is 0 Å². The summed E-state index contributed by atoms with van der Waals surface area (Å²) in [4.78, 5) is 11.7. The first-order valence-electron chi connectivity index (χ1n) is 10.5. The standard InChI is InChI=1S/C26H25N3O/c1-2-6-20(7-3-1)16-21-11-12-25(28-17-21)26-19-29(14-15-30-26)18-22-8-4-10-24-23(22)9-5-13-27-24/h1-13,17,26H,14-16,18-19H2/t26-/m1/s1. The van der Waals surface area contributed by atoms with Gasteiger partial charge in [-0.25, -0.2) is 0 Å². The minimum Gasteiger partial charge on any atom is -0.369 e. The topological polar surface area (TPSA) is 38.2 Å². The van der Waals surface area contributed by atoms with Crippen LogP contribution < -0.4 is 0 Å². The summed E-state index contributed by atoms with van der Waals surface area (Å²) in [5.41, 5.74) is 5.90. The Hall–Kier alpha value is -3.08. The summed E-state index contributed by atoms with van der Waals surface area (Å²) in [6, 6.07) is 25.3. The molecule has 1 aliphatic heterocycles. The van der Waals surface area contributed by atoms with Crippen molar-refractivity contribution in [1.82, 2.24) is 14.9 Å². The molecule has 2 aromatic carbocycles. The van der Waals surface area contributed by atoms with E-state index in [1.807, 2.05) is 24.5 Å². The van der Waals surface area contributed by atoms with Gasteiger partial charge in [-0.2, -0.15) is 0 Å². The van der Waals surface area contributed by atoms with Crippen molar-refractivity contribution in [2.24, 2.45) is 0 Å². The maximum absolute atomic E-state index is 6.06. The average molecular weight is 396 g/mol. The van der Waals surface area contributed by atoms with E-state index in [9.17, 15) is 0 Å². The third kappa shape index (κ3) is 4.25. The van der Waals surface area contributed by atoms with Crippen molar-refractivity contribution in [2.75, 3.05) is 19.7 Å². The van der Waals surface area contributed by atoms with Crippen LogP contribution in [0.5, 0.6) is 0 Å². The molecule has 4 aromatic rings. The SMILES string of the molecule is c1ccc(Cc2ccc([C@H]3CN(Cc4cccc5ncccc45)CCO3)nc2)cc1. The predicted molar refractivity (Wildman–Crippen MR) is 119 cm³/mol. The van der Waals surface area contributed by atoms with Crippen LogP contribution in [0.25, 0.3) is 10.9 Å². The van der Waals surface area contributed by atoms with E-state index in [2.05, 4.69) is 70.5 Å².